The number of alkyl halides is 3. The lowest BCUT2D eigenvalue weighted by molar-refractivity contribution is -0.192. The molecule has 1 aliphatic heterocycles. The van der Waals surface area contributed by atoms with E-state index in [1.54, 1.807) is 13.2 Å². The molecule has 0 unspecified atom stereocenters. The number of pyridine rings is 1. The van der Waals surface area contributed by atoms with Crippen LogP contribution in [0.25, 0.3) is 0 Å². The number of carboxylic acid groups (broad SMARTS) is 1. The van der Waals surface area contributed by atoms with Crippen LogP contribution in [-0.2, 0) is 21.4 Å². The molecule has 1 saturated carbocycles. The van der Waals surface area contributed by atoms with E-state index in [4.69, 9.17) is 19.4 Å². The standard InChI is InChI=1S/C17H24BrN3O4.C2HF3O2/c1-21-9-13(18)15(8-16(21)22)25-12-4-2-11(3-5-12)20-17(23)14-10-24-7-6-19-14;3-2(4,5)1(6)7/h8-9,11-12,14,19H,2-7,10H2,1H3,(H,20,23);(H,6,7)/t11-,12-,14-;/m0./s1. The van der Waals surface area contributed by atoms with Crippen LogP contribution in [0.5, 0.6) is 5.75 Å². The number of carbonyl (C=O) groups excluding carboxylic acids is 1. The Kier molecular flexibility index (Phi) is 9.52. The minimum Gasteiger partial charge on any atom is -0.489 e. The molecule has 1 aromatic heterocycles. The van der Waals surface area contributed by atoms with Gasteiger partial charge in [0.25, 0.3) is 5.56 Å². The predicted octanol–water partition coefficient (Wildman–Crippen LogP) is 1.58. The Balaban J connectivity index is 0.000000451. The number of rotatable bonds is 4. The first-order chi connectivity index (χ1) is 15.0. The van der Waals surface area contributed by atoms with Crippen LogP contribution in [0.2, 0.25) is 0 Å². The molecule has 32 heavy (non-hydrogen) atoms. The summed E-state index contributed by atoms with van der Waals surface area (Å²) in [7, 11) is 1.71. The van der Waals surface area contributed by atoms with Crippen molar-refractivity contribution in [3.05, 3.63) is 27.1 Å². The molecule has 1 aliphatic carbocycles. The lowest BCUT2D eigenvalue weighted by Gasteiger charge is -2.31. The number of aromatic nitrogens is 1. The van der Waals surface area contributed by atoms with Crippen LogP contribution in [0.4, 0.5) is 13.2 Å². The van der Waals surface area contributed by atoms with Gasteiger partial charge in [0.2, 0.25) is 5.91 Å². The maximum absolute atomic E-state index is 12.2. The molecule has 1 atom stereocenters. The fourth-order valence-electron chi connectivity index (χ4n) is 3.21. The quantitative estimate of drug-likeness (QED) is 0.543. The molecule has 0 spiro atoms. The zero-order valence-electron chi connectivity index (χ0n) is 17.3. The first kappa shape index (κ1) is 26.1. The van der Waals surface area contributed by atoms with E-state index in [0.717, 1.165) is 30.2 Å². The number of ether oxygens (including phenoxy) is 2. The Bertz CT molecular complexity index is 850. The molecule has 1 amide bonds. The monoisotopic (exact) mass is 527 g/mol. The van der Waals surface area contributed by atoms with Gasteiger partial charge in [-0.1, -0.05) is 0 Å². The van der Waals surface area contributed by atoms with Crippen molar-refractivity contribution in [2.24, 2.45) is 7.05 Å². The second-order valence-electron chi connectivity index (χ2n) is 7.42. The van der Waals surface area contributed by atoms with E-state index in [2.05, 4.69) is 26.6 Å². The van der Waals surface area contributed by atoms with Gasteiger partial charge in [0.05, 0.1) is 23.8 Å². The molecule has 3 rings (SSSR count). The molecule has 13 heteroatoms. The topological polar surface area (TPSA) is 119 Å². The highest BCUT2D eigenvalue weighted by molar-refractivity contribution is 9.10. The first-order valence-electron chi connectivity index (χ1n) is 9.91. The smallest absolute Gasteiger partial charge is 0.489 e. The molecular formula is C19H25BrF3N3O6. The summed E-state index contributed by atoms with van der Waals surface area (Å²) >= 11 is 3.44. The van der Waals surface area contributed by atoms with Crippen molar-refractivity contribution in [1.29, 1.82) is 0 Å². The van der Waals surface area contributed by atoms with Gasteiger partial charge in [-0.3, -0.25) is 9.59 Å². The normalized spacial score (nSPS) is 23.5. The molecule has 0 bridgehead atoms. The molecular weight excluding hydrogens is 503 g/mol. The number of carbonyl (C=O) groups is 2. The van der Waals surface area contributed by atoms with E-state index in [9.17, 15) is 22.8 Å². The summed E-state index contributed by atoms with van der Waals surface area (Å²) in [4.78, 5) is 32.9. The molecule has 180 valence electrons. The number of carboxylic acids is 1. The number of amides is 1. The number of nitrogens with zero attached hydrogens (tertiary/aromatic N) is 1. The molecule has 2 heterocycles. The van der Waals surface area contributed by atoms with Crippen molar-refractivity contribution < 1.29 is 37.3 Å². The van der Waals surface area contributed by atoms with Gasteiger partial charge in [-0.25, -0.2) is 4.79 Å². The Morgan fingerprint density at radius 3 is 2.47 bits per heavy atom. The number of aryl methyl sites for hydroxylation is 1. The van der Waals surface area contributed by atoms with Crippen LogP contribution < -0.4 is 20.9 Å². The highest BCUT2D eigenvalue weighted by atomic mass is 79.9. The van der Waals surface area contributed by atoms with Gasteiger partial charge in [-0.15, -0.1) is 0 Å². The highest BCUT2D eigenvalue weighted by Gasteiger charge is 2.38. The van der Waals surface area contributed by atoms with E-state index in [-0.39, 0.29) is 29.7 Å². The first-order valence-corrected chi connectivity index (χ1v) is 10.7. The summed E-state index contributed by atoms with van der Waals surface area (Å²) in [6.07, 6.45) is 0.122. The van der Waals surface area contributed by atoms with Gasteiger partial charge >= 0.3 is 12.1 Å². The van der Waals surface area contributed by atoms with Crippen LogP contribution in [0.15, 0.2) is 21.5 Å². The number of nitrogens with one attached hydrogen (secondary N) is 2. The lowest BCUT2D eigenvalue weighted by atomic mass is 9.92. The minimum absolute atomic E-state index is 0.0124. The largest absolute Gasteiger partial charge is 0.490 e. The number of hydrogen-bond acceptors (Lipinski definition) is 6. The summed E-state index contributed by atoms with van der Waals surface area (Å²) in [5.74, 6) is -2.16. The second kappa shape index (κ2) is 11.7. The third-order valence-corrected chi connectivity index (χ3v) is 5.53. The van der Waals surface area contributed by atoms with E-state index < -0.39 is 12.1 Å². The molecule has 3 N–H and O–H groups in total. The van der Waals surface area contributed by atoms with Gasteiger partial charge in [-0.2, -0.15) is 13.2 Å². The fraction of sp³-hybridized carbons (Fsp3) is 0.632. The maximum Gasteiger partial charge on any atom is 0.490 e. The molecule has 0 radical (unpaired) electrons. The van der Waals surface area contributed by atoms with Crippen molar-refractivity contribution in [3.8, 4) is 5.75 Å². The summed E-state index contributed by atoms with van der Waals surface area (Å²) < 4.78 is 45.3. The number of aliphatic carboxylic acids is 1. The van der Waals surface area contributed by atoms with Crippen LogP contribution in [0, 0.1) is 0 Å². The molecule has 2 fully saturated rings. The van der Waals surface area contributed by atoms with Crippen molar-refractivity contribution >= 4 is 27.8 Å². The minimum atomic E-state index is -5.08. The molecule has 1 aromatic rings. The van der Waals surface area contributed by atoms with E-state index >= 15 is 0 Å². The van der Waals surface area contributed by atoms with Crippen LogP contribution >= 0.6 is 15.9 Å². The van der Waals surface area contributed by atoms with E-state index in [0.29, 0.717) is 25.5 Å². The Morgan fingerprint density at radius 2 is 1.94 bits per heavy atom. The fourth-order valence-corrected chi connectivity index (χ4v) is 3.73. The maximum atomic E-state index is 12.2. The van der Waals surface area contributed by atoms with Crippen molar-refractivity contribution in [1.82, 2.24) is 15.2 Å². The summed E-state index contributed by atoms with van der Waals surface area (Å²) in [6, 6.07) is 1.43. The van der Waals surface area contributed by atoms with Crippen LogP contribution in [0.1, 0.15) is 25.7 Å². The lowest BCUT2D eigenvalue weighted by Crippen LogP contribution is -2.54. The summed E-state index contributed by atoms with van der Waals surface area (Å²) in [5, 5.41) is 13.4. The summed E-state index contributed by atoms with van der Waals surface area (Å²) in [6.45, 7) is 1.80. The second-order valence-corrected chi connectivity index (χ2v) is 8.27. The highest BCUT2D eigenvalue weighted by Crippen LogP contribution is 2.28. The van der Waals surface area contributed by atoms with Gasteiger partial charge in [0.15, 0.2) is 0 Å². The summed E-state index contributed by atoms with van der Waals surface area (Å²) in [5.41, 5.74) is -0.0960. The van der Waals surface area contributed by atoms with Gasteiger partial charge < -0.3 is 29.8 Å². The number of hydrogen-bond donors (Lipinski definition) is 3. The molecule has 9 nitrogen and oxygen atoms in total. The average Bonchev–Trinajstić information content (AvgIpc) is 2.74. The van der Waals surface area contributed by atoms with Gasteiger partial charge in [-0.05, 0) is 41.6 Å². The van der Waals surface area contributed by atoms with Crippen molar-refractivity contribution in [2.75, 3.05) is 19.8 Å². The SMILES string of the molecule is Cn1cc(Br)c(O[C@H]2CC[C@H](NC(=O)[C@@H]3COCCN3)CC2)cc1=O.O=C(O)C(F)(F)F. The Morgan fingerprint density at radius 1 is 1.31 bits per heavy atom. The Labute approximate surface area is 190 Å². The molecule has 2 aliphatic rings. The Hall–Kier alpha value is -2.12. The van der Waals surface area contributed by atoms with Gasteiger partial charge in [0.1, 0.15) is 11.8 Å². The zero-order chi connectivity index (χ0) is 23.9. The van der Waals surface area contributed by atoms with E-state index in [1.165, 1.54) is 10.6 Å². The predicted molar refractivity (Wildman–Crippen MR) is 110 cm³/mol. The van der Waals surface area contributed by atoms with E-state index in [1.807, 2.05) is 0 Å². The van der Waals surface area contributed by atoms with Crippen molar-refractivity contribution in [3.63, 3.8) is 0 Å². The molecule has 1 saturated heterocycles. The number of halogens is 4. The van der Waals surface area contributed by atoms with Crippen LogP contribution in [0.3, 0.4) is 0 Å². The van der Waals surface area contributed by atoms with Crippen LogP contribution in [-0.4, -0.2) is 65.7 Å². The third-order valence-electron chi connectivity index (χ3n) is 4.94. The zero-order valence-corrected chi connectivity index (χ0v) is 18.9. The number of morpholine rings is 1. The van der Waals surface area contributed by atoms with Gasteiger partial charge in [0, 0.05) is 31.9 Å². The average molecular weight is 528 g/mol. The third kappa shape index (κ3) is 8.10. The molecule has 0 aromatic carbocycles. The van der Waals surface area contributed by atoms with Crippen molar-refractivity contribution in [2.45, 2.75) is 50.0 Å².